The molecule has 0 N–H and O–H groups in total. The minimum absolute atomic E-state index is 0.236. The Balaban J connectivity index is 2.13. The van der Waals surface area contributed by atoms with Crippen LogP contribution < -0.4 is 4.90 Å². The highest BCUT2D eigenvalue weighted by Crippen LogP contribution is 2.33. The van der Waals surface area contributed by atoms with Gasteiger partial charge in [0.15, 0.2) is 0 Å². The zero-order chi connectivity index (χ0) is 18.5. The van der Waals surface area contributed by atoms with Crippen LogP contribution in [-0.2, 0) is 14.3 Å². The molecule has 2 aromatic carbocycles. The van der Waals surface area contributed by atoms with Crippen molar-refractivity contribution in [2.24, 2.45) is 0 Å². The Morgan fingerprint density at radius 1 is 0.923 bits per heavy atom. The third-order valence-corrected chi connectivity index (χ3v) is 4.38. The molecule has 0 bridgehead atoms. The number of hydrogen-bond donors (Lipinski definition) is 0. The van der Waals surface area contributed by atoms with E-state index in [9.17, 15) is 9.59 Å². The van der Waals surface area contributed by atoms with E-state index >= 15 is 0 Å². The zero-order valence-corrected chi connectivity index (χ0v) is 15.0. The van der Waals surface area contributed by atoms with Gasteiger partial charge in [0.1, 0.15) is 5.70 Å². The van der Waals surface area contributed by atoms with Gasteiger partial charge < -0.3 is 9.64 Å². The summed E-state index contributed by atoms with van der Waals surface area (Å²) in [5.41, 5.74) is 2.49. The van der Waals surface area contributed by atoms with E-state index in [1.165, 1.54) is 4.90 Å². The second-order valence-electron chi connectivity index (χ2n) is 5.92. The molecular formula is C21H22N2O3. The molecule has 2 amide bonds. The SMILES string of the molecule is CCN(C1=C(c2ccccc2)C(=O)N(CCOC)C1=O)c1ccccc1. The Kier molecular flexibility index (Phi) is 5.49. The van der Waals surface area contributed by atoms with Crippen LogP contribution >= 0.6 is 0 Å². The van der Waals surface area contributed by atoms with E-state index in [1.54, 1.807) is 7.11 Å². The van der Waals surface area contributed by atoms with E-state index in [0.29, 0.717) is 24.4 Å². The number of carbonyl (C=O) groups excluding carboxylic acids is 2. The van der Waals surface area contributed by atoms with Crippen molar-refractivity contribution >= 4 is 23.1 Å². The van der Waals surface area contributed by atoms with Crippen LogP contribution in [0.5, 0.6) is 0 Å². The van der Waals surface area contributed by atoms with Gasteiger partial charge in [-0.25, -0.2) is 0 Å². The van der Waals surface area contributed by atoms with E-state index in [1.807, 2.05) is 72.5 Å². The van der Waals surface area contributed by atoms with E-state index in [4.69, 9.17) is 4.74 Å². The van der Waals surface area contributed by atoms with Crippen LogP contribution in [0.25, 0.3) is 5.57 Å². The predicted octanol–water partition coefficient (Wildman–Crippen LogP) is 2.94. The number of benzene rings is 2. The topological polar surface area (TPSA) is 49.9 Å². The van der Waals surface area contributed by atoms with Gasteiger partial charge in [0, 0.05) is 19.3 Å². The average Bonchev–Trinajstić information content (AvgIpc) is 2.93. The summed E-state index contributed by atoms with van der Waals surface area (Å²) in [7, 11) is 1.56. The van der Waals surface area contributed by atoms with E-state index in [0.717, 1.165) is 11.3 Å². The fourth-order valence-corrected chi connectivity index (χ4v) is 3.14. The molecule has 0 saturated carbocycles. The van der Waals surface area contributed by atoms with Gasteiger partial charge in [0.05, 0.1) is 18.7 Å². The molecule has 1 aliphatic heterocycles. The number of methoxy groups -OCH3 is 1. The van der Waals surface area contributed by atoms with E-state index < -0.39 is 0 Å². The summed E-state index contributed by atoms with van der Waals surface area (Å²) >= 11 is 0. The number of rotatable bonds is 7. The Bertz CT molecular complexity index is 816. The Morgan fingerprint density at radius 2 is 1.54 bits per heavy atom. The number of anilines is 1. The van der Waals surface area contributed by atoms with Gasteiger partial charge in [0.2, 0.25) is 0 Å². The third kappa shape index (κ3) is 3.26. The fourth-order valence-electron chi connectivity index (χ4n) is 3.14. The third-order valence-electron chi connectivity index (χ3n) is 4.38. The van der Waals surface area contributed by atoms with Crippen molar-refractivity contribution in [2.45, 2.75) is 6.92 Å². The minimum Gasteiger partial charge on any atom is -0.383 e. The molecule has 0 aliphatic carbocycles. The fraction of sp³-hybridized carbons (Fsp3) is 0.238. The van der Waals surface area contributed by atoms with Crippen molar-refractivity contribution in [3.63, 3.8) is 0 Å². The molecule has 1 aliphatic rings. The van der Waals surface area contributed by atoms with Crippen LogP contribution in [-0.4, -0.2) is 43.5 Å². The van der Waals surface area contributed by atoms with Crippen LogP contribution in [0.15, 0.2) is 66.4 Å². The first-order valence-corrected chi connectivity index (χ1v) is 8.66. The van der Waals surface area contributed by atoms with E-state index in [-0.39, 0.29) is 18.4 Å². The minimum atomic E-state index is -0.281. The second-order valence-corrected chi connectivity index (χ2v) is 5.92. The van der Waals surface area contributed by atoms with Gasteiger partial charge in [-0.1, -0.05) is 48.5 Å². The quantitative estimate of drug-likeness (QED) is 0.721. The van der Waals surface area contributed by atoms with E-state index in [2.05, 4.69) is 0 Å². The summed E-state index contributed by atoms with van der Waals surface area (Å²) in [6.45, 7) is 3.09. The van der Waals surface area contributed by atoms with Crippen molar-refractivity contribution in [3.05, 3.63) is 71.9 Å². The maximum Gasteiger partial charge on any atom is 0.278 e. The molecule has 0 aromatic heterocycles. The normalized spacial score (nSPS) is 14.3. The summed E-state index contributed by atoms with van der Waals surface area (Å²) in [6.07, 6.45) is 0. The summed E-state index contributed by atoms with van der Waals surface area (Å²) < 4.78 is 5.07. The first-order chi connectivity index (χ1) is 12.7. The Labute approximate surface area is 153 Å². The molecule has 0 radical (unpaired) electrons. The highest BCUT2D eigenvalue weighted by Gasteiger charge is 2.41. The molecule has 3 rings (SSSR count). The maximum absolute atomic E-state index is 13.1. The zero-order valence-electron chi connectivity index (χ0n) is 15.0. The largest absolute Gasteiger partial charge is 0.383 e. The van der Waals surface area contributed by atoms with Gasteiger partial charge in [0.25, 0.3) is 11.8 Å². The molecule has 0 atom stereocenters. The lowest BCUT2D eigenvalue weighted by atomic mass is 10.0. The Morgan fingerprint density at radius 3 is 2.12 bits per heavy atom. The molecule has 0 fully saturated rings. The van der Waals surface area contributed by atoms with Crippen molar-refractivity contribution in [3.8, 4) is 0 Å². The molecule has 2 aromatic rings. The number of imide groups is 1. The lowest BCUT2D eigenvalue weighted by Crippen LogP contribution is -2.37. The highest BCUT2D eigenvalue weighted by atomic mass is 16.5. The lowest BCUT2D eigenvalue weighted by molar-refractivity contribution is -0.137. The molecule has 0 saturated heterocycles. The van der Waals surface area contributed by atoms with Crippen molar-refractivity contribution in [1.29, 1.82) is 0 Å². The number of carbonyl (C=O) groups is 2. The van der Waals surface area contributed by atoms with Gasteiger partial charge >= 0.3 is 0 Å². The van der Waals surface area contributed by atoms with Gasteiger partial charge in [-0.3, -0.25) is 14.5 Å². The lowest BCUT2D eigenvalue weighted by Gasteiger charge is -2.24. The van der Waals surface area contributed by atoms with Crippen LogP contribution in [0.1, 0.15) is 12.5 Å². The first-order valence-electron chi connectivity index (χ1n) is 8.66. The standard InChI is InChI=1S/C21H22N2O3/c1-3-22(17-12-8-5-9-13-17)19-18(16-10-6-4-7-11-16)20(24)23(21(19)25)14-15-26-2/h4-13H,3,14-15H2,1-2H3. The number of nitrogens with zero attached hydrogens (tertiary/aromatic N) is 2. The van der Waals surface area contributed by atoms with Crippen LogP contribution in [0.3, 0.4) is 0 Å². The van der Waals surface area contributed by atoms with Gasteiger partial charge in [-0.15, -0.1) is 0 Å². The number of para-hydroxylation sites is 1. The van der Waals surface area contributed by atoms with Crippen LogP contribution in [0.2, 0.25) is 0 Å². The van der Waals surface area contributed by atoms with Crippen molar-refractivity contribution in [2.75, 3.05) is 31.7 Å². The smallest absolute Gasteiger partial charge is 0.278 e. The molecule has 0 spiro atoms. The summed E-state index contributed by atoms with van der Waals surface area (Å²) in [4.78, 5) is 29.3. The van der Waals surface area contributed by atoms with Crippen molar-refractivity contribution < 1.29 is 14.3 Å². The number of likely N-dealkylation sites (N-methyl/N-ethyl adjacent to an activating group) is 1. The summed E-state index contributed by atoms with van der Waals surface area (Å²) in [6, 6.07) is 19.0. The molecular weight excluding hydrogens is 328 g/mol. The number of ether oxygens (including phenoxy) is 1. The molecule has 5 heteroatoms. The van der Waals surface area contributed by atoms with Crippen molar-refractivity contribution in [1.82, 2.24) is 4.90 Å². The van der Waals surface area contributed by atoms with Gasteiger partial charge in [-0.05, 0) is 24.6 Å². The van der Waals surface area contributed by atoms with Gasteiger partial charge in [-0.2, -0.15) is 0 Å². The number of hydrogen-bond acceptors (Lipinski definition) is 4. The Hall–Kier alpha value is -2.92. The molecule has 0 unspecified atom stereocenters. The average molecular weight is 350 g/mol. The maximum atomic E-state index is 13.1. The summed E-state index contributed by atoms with van der Waals surface area (Å²) in [5, 5.41) is 0. The highest BCUT2D eigenvalue weighted by molar-refractivity contribution is 6.36. The molecule has 26 heavy (non-hydrogen) atoms. The molecule has 5 nitrogen and oxygen atoms in total. The summed E-state index contributed by atoms with van der Waals surface area (Å²) in [5.74, 6) is -0.556. The first kappa shape index (κ1) is 17.9. The monoisotopic (exact) mass is 350 g/mol. The number of amides is 2. The predicted molar refractivity (Wildman–Crippen MR) is 101 cm³/mol. The van der Waals surface area contributed by atoms with Crippen LogP contribution in [0.4, 0.5) is 5.69 Å². The molecule has 1 heterocycles. The van der Waals surface area contributed by atoms with Crippen LogP contribution in [0, 0.1) is 0 Å². The molecule has 134 valence electrons. The second kappa shape index (κ2) is 7.97.